The van der Waals surface area contributed by atoms with E-state index in [-0.39, 0.29) is 12.4 Å². The molecule has 2 N–H and O–H groups in total. The van der Waals surface area contributed by atoms with Gasteiger partial charge in [0, 0.05) is 11.6 Å². The number of anilines is 1. The predicted octanol–water partition coefficient (Wildman–Crippen LogP) is 1.71. The fraction of sp³-hybridized carbons (Fsp3) is 0.167. The van der Waals surface area contributed by atoms with Gasteiger partial charge in [-0.1, -0.05) is 0 Å². The van der Waals surface area contributed by atoms with Crippen LogP contribution in [-0.4, -0.2) is 9.61 Å². The van der Waals surface area contributed by atoms with E-state index in [0.29, 0.717) is 0 Å². The van der Waals surface area contributed by atoms with E-state index in [0.717, 1.165) is 16.2 Å². The molecule has 0 radical (unpaired) electrons. The summed E-state index contributed by atoms with van der Waals surface area (Å²) < 4.78 is 1.80. The van der Waals surface area contributed by atoms with Crippen LogP contribution < -0.4 is 5.73 Å². The van der Waals surface area contributed by atoms with Crippen LogP contribution in [0.25, 0.3) is 4.83 Å². The highest BCUT2D eigenvalue weighted by Gasteiger charge is 2.04. The number of hydrogen-bond acceptors (Lipinski definition) is 3. The maximum Gasteiger partial charge on any atom is 0.142 e. The zero-order chi connectivity index (χ0) is 7.14. The van der Waals surface area contributed by atoms with Crippen molar-refractivity contribution >= 4 is 34.3 Å². The van der Waals surface area contributed by atoms with E-state index < -0.39 is 0 Å². The van der Waals surface area contributed by atoms with Gasteiger partial charge in [-0.3, -0.25) is 0 Å². The minimum atomic E-state index is 0. The first-order chi connectivity index (χ1) is 4.79. The molecular formula is C6H8ClN3S. The zero-order valence-corrected chi connectivity index (χ0v) is 7.58. The van der Waals surface area contributed by atoms with Gasteiger partial charge >= 0.3 is 0 Å². The van der Waals surface area contributed by atoms with Crippen LogP contribution in [0.4, 0.5) is 5.69 Å². The molecule has 60 valence electrons. The van der Waals surface area contributed by atoms with Crippen molar-refractivity contribution in [2.45, 2.75) is 6.92 Å². The Morgan fingerprint density at radius 1 is 1.64 bits per heavy atom. The van der Waals surface area contributed by atoms with E-state index in [4.69, 9.17) is 5.73 Å². The normalized spacial score (nSPS) is 9.91. The maximum atomic E-state index is 5.71. The molecule has 2 aromatic heterocycles. The number of nitrogens with two attached hydrogens (primary N) is 1. The van der Waals surface area contributed by atoms with E-state index in [1.165, 1.54) is 0 Å². The fourth-order valence-corrected chi connectivity index (χ4v) is 1.70. The number of fused-ring (bicyclic) bond motifs is 1. The van der Waals surface area contributed by atoms with Crippen LogP contribution in [0.1, 0.15) is 5.69 Å². The zero-order valence-electron chi connectivity index (χ0n) is 5.94. The Bertz CT molecular complexity index is 365. The molecule has 2 heterocycles. The van der Waals surface area contributed by atoms with Crippen LogP contribution in [0.5, 0.6) is 0 Å². The average Bonchev–Trinajstić information content (AvgIpc) is 2.41. The van der Waals surface area contributed by atoms with Crippen molar-refractivity contribution in [3.63, 3.8) is 0 Å². The molecule has 3 nitrogen and oxygen atoms in total. The molecule has 0 unspecified atom stereocenters. The Labute approximate surface area is 74.2 Å². The van der Waals surface area contributed by atoms with Gasteiger partial charge < -0.3 is 5.73 Å². The molecule has 11 heavy (non-hydrogen) atoms. The molecule has 0 aliphatic rings. The summed E-state index contributed by atoms with van der Waals surface area (Å²) >= 11 is 1.61. The minimum absolute atomic E-state index is 0. The van der Waals surface area contributed by atoms with Crippen molar-refractivity contribution in [3.8, 4) is 0 Å². The monoisotopic (exact) mass is 189 g/mol. The van der Waals surface area contributed by atoms with Gasteiger partial charge in [-0.15, -0.1) is 23.7 Å². The Hall–Kier alpha value is -0.740. The van der Waals surface area contributed by atoms with Crippen LogP contribution in [0.15, 0.2) is 11.6 Å². The average molecular weight is 190 g/mol. The Morgan fingerprint density at radius 3 is 3.00 bits per heavy atom. The van der Waals surface area contributed by atoms with Crippen molar-refractivity contribution < 1.29 is 0 Å². The minimum Gasteiger partial charge on any atom is -0.395 e. The number of thiazole rings is 1. The summed E-state index contributed by atoms with van der Waals surface area (Å²) in [5, 5.41) is 6.15. The molecular weight excluding hydrogens is 182 g/mol. The smallest absolute Gasteiger partial charge is 0.142 e. The SMILES string of the molecule is Cc1nn2ccsc2c1N.Cl. The van der Waals surface area contributed by atoms with Gasteiger partial charge in [0.25, 0.3) is 0 Å². The van der Waals surface area contributed by atoms with Crippen LogP contribution in [-0.2, 0) is 0 Å². The lowest BCUT2D eigenvalue weighted by molar-refractivity contribution is 0.948. The molecule has 0 spiro atoms. The highest BCUT2D eigenvalue weighted by atomic mass is 35.5. The molecule has 2 aromatic rings. The second-order valence-corrected chi connectivity index (χ2v) is 3.05. The number of hydrogen-bond donors (Lipinski definition) is 1. The van der Waals surface area contributed by atoms with Gasteiger partial charge in [-0.25, -0.2) is 4.52 Å². The number of nitrogens with zero attached hydrogens (tertiary/aromatic N) is 2. The van der Waals surface area contributed by atoms with Crippen molar-refractivity contribution in [1.82, 2.24) is 9.61 Å². The first kappa shape index (κ1) is 8.36. The molecule has 2 rings (SSSR count). The summed E-state index contributed by atoms with van der Waals surface area (Å²) in [4.78, 5) is 1.04. The first-order valence-electron chi connectivity index (χ1n) is 2.97. The molecule has 0 aliphatic heterocycles. The number of halogens is 1. The largest absolute Gasteiger partial charge is 0.395 e. The highest BCUT2D eigenvalue weighted by molar-refractivity contribution is 7.16. The quantitative estimate of drug-likeness (QED) is 0.686. The lowest BCUT2D eigenvalue weighted by Crippen LogP contribution is -1.83. The summed E-state index contributed by atoms with van der Waals surface area (Å²) in [7, 11) is 0. The maximum absolute atomic E-state index is 5.71. The van der Waals surface area contributed by atoms with Gasteiger partial charge in [0.1, 0.15) is 4.83 Å². The lowest BCUT2D eigenvalue weighted by atomic mass is 10.4. The Morgan fingerprint density at radius 2 is 2.36 bits per heavy atom. The van der Waals surface area contributed by atoms with E-state index in [2.05, 4.69) is 5.10 Å². The van der Waals surface area contributed by atoms with E-state index in [1.54, 1.807) is 15.9 Å². The molecule has 0 saturated heterocycles. The number of nitrogen functional groups attached to an aromatic ring is 1. The van der Waals surface area contributed by atoms with E-state index in [9.17, 15) is 0 Å². The number of aromatic nitrogens is 2. The van der Waals surface area contributed by atoms with Crippen LogP contribution in [0, 0.1) is 6.92 Å². The van der Waals surface area contributed by atoms with Crippen LogP contribution in [0.3, 0.4) is 0 Å². The van der Waals surface area contributed by atoms with Crippen molar-refractivity contribution in [1.29, 1.82) is 0 Å². The molecule has 0 fully saturated rings. The number of rotatable bonds is 0. The predicted molar refractivity (Wildman–Crippen MR) is 49.5 cm³/mol. The summed E-state index contributed by atoms with van der Waals surface area (Å²) in [6, 6.07) is 0. The summed E-state index contributed by atoms with van der Waals surface area (Å²) in [5.74, 6) is 0. The van der Waals surface area contributed by atoms with Gasteiger partial charge in [0.05, 0.1) is 11.4 Å². The molecule has 0 bridgehead atoms. The lowest BCUT2D eigenvalue weighted by Gasteiger charge is -1.81. The van der Waals surface area contributed by atoms with E-state index >= 15 is 0 Å². The topological polar surface area (TPSA) is 43.3 Å². The third-order valence-corrected chi connectivity index (χ3v) is 2.36. The van der Waals surface area contributed by atoms with E-state index in [1.807, 2.05) is 18.5 Å². The Kier molecular flexibility index (Phi) is 2.06. The molecule has 0 amide bonds. The standard InChI is InChI=1S/C6H7N3S.ClH/c1-4-5(7)6-9(8-4)2-3-10-6;/h2-3H,7H2,1H3;1H. The molecule has 0 aliphatic carbocycles. The second kappa shape index (κ2) is 2.71. The molecule has 5 heteroatoms. The molecule has 0 saturated carbocycles. The Balaban J connectivity index is 0.000000605. The first-order valence-corrected chi connectivity index (χ1v) is 3.85. The third kappa shape index (κ3) is 1.08. The third-order valence-electron chi connectivity index (χ3n) is 1.47. The fourth-order valence-electron chi connectivity index (χ4n) is 0.910. The summed E-state index contributed by atoms with van der Waals surface area (Å²) in [6.07, 6.45) is 1.91. The van der Waals surface area contributed by atoms with Crippen molar-refractivity contribution in [2.75, 3.05) is 5.73 Å². The molecule has 0 aromatic carbocycles. The summed E-state index contributed by atoms with van der Waals surface area (Å²) in [5.41, 5.74) is 7.42. The second-order valence-electron chi connectivity index (χ2n) is 2.15. The van der Waals surface area contributed by atoms with Crippen LogP contribution >= 0.6 is 23.7 Å². The van der Waals surface area contributed by atoms with Gasteiger partial charge in [0.15, 0.2) is 0 Å². The highest BCUT2D eigenvalue weighted by Crippen LogP contribution is 2.21. The van der Waals surface area contributed by atoms with Gasteiger partial charge in [0.2, 0.25) is 0 Å². The van der Waals surface area contributed by atoms with Crippen molar-refractivity contribution in [2.24, 2.45) is 0 Å². The van der Waals surface area contributed by atoms with Gasteiger partial charge in [-0.2, -0.15) is 5.10 Å². The summed E-state index contributed by atoms with van der Waals surface area (Å²) in [6.45, 7) is 1.91. The van der Waals surface area contributed by atoms with Crippen molar-refractivity contribution in [3.05, 3.63) is 17.3 Å². The van der Waals surface area contributed by atoms with Crippen LogP contribution in [0.2, 0.25) is 0 Å². The number of aryl methyl sites for hydroxylation is 1. The molecule has 0 atom stereocenters. The van der Waals surface area contributed by atoms with Gasteiger partial charge in [-0.05, 0) is 6.92 Å².